The molecule has 0 aliphatic rings. The minimum Gasteiger partial charge on any atom is -0.493 e. The van der Waals surface area contributed by atoms with Crippen LogP contribution in [0.2, 0.25) is 0 Å². The minimum absolute atomic E-state index is 0.123. The molecule has 4 nitrogen and oxygen atoms in total. The zero-order valence-corrected chi connectivity index (χ0v) is 14.5. The van der Waals surface area contributed by atoms with Crippen LogP contribution in [-0.4, -0.2) is 31.5 Å². The van der Waals surface area contributed by atoms with Gasteiger partial charge in [-0.2, -0.15) is 0 Å². The Bertz CT molecular complexity index is 597. The van der Waals surface area contributed by atoms with E-state index in [1.807, 2.05) is 36.4 Å². The van der Waals surface area contributed by atoms with Gasteiger partial charge in [-0.1, -0.05) is 43.3 Å². The molecule has 0 bridgehead atoms. The van der Waals surface area contributed by atoms with Crippen LogP contribution >= 0.6 is 0 Å². The molecule has 0 fully saturated rings. The first kappa shape index (κ1) is 18.3. The fourth-order valence-electron chi connectivity index (χ4n) is 2.46. The van der Waals surface area contributed by atoms with Crippen molar-refractivity contribution in [1.82, 2.24) is 5.32 Å². The van der Waals surface area contributed by atoms with E-state index < -0.39 is 0 Å². The summed E-state index contributed by atoms with van der Waals surface area (Å²) in [6.07, 6.45) is 1.76. The molecule has 0 heterocycles. The van der Waals surface area contributed by atoms with Crippen LogP contribution in [-0.2, 0) is 13.0 Å². The van der Waals surface area contributed by atoms with Gasteiger partial charge >= 0.3 is 0 Å². The van der Waals surface area contributed by atoms with E-state index in [-0.39, 0.29) is 12.6 Å². The van der Waals surface area contributed by atoms with Gasteiger partial charge in [0, 0.05) is 19.0 Å². The zero-order chi connectivity index (χ0) is 17.2. The van der Waals surface area contributed by atoms with Crippen molar-refractivity contribution in [3.05, 3.63) is 59.7 Å². The van der Waals surface area contributed by atoms with Gasteiger partial charge < -0.3 is 19.9 Å². The summed E-state index contributed by atoms with van der Waals surface area (Å²) in [4.78, 5) is 0. The second-order valence-corrected chi connectivity index (χ2v) is 5.74. The summed E-state index contributed by atoms with van der Waals surface area (Å²) in [6, 6.07) is 16.4. The molecule has 0 aliphatic heterocycles. The number of hydrogen-bond donors (Lipinski definition) is 2. The highest BCUT2D eigenvalue weighted by Crippen LogP contribution is 2.28. The summed E-state index contributed by atoms with van der Waals surface area (Å²) in [7, 11) is 1.65. The van der Waals surface area contributed by atoms with E-state index in [4.69, 9.17) is 9.47 Å². The quantitative estimate of drug-likeness (QED) is 0.703. The molecule has 0 unspecified atom stereocenters. The molecule has 2 rings (SSSR count). The van der Waals surface area contributed by atoms with Crippen LogP contribution in [0.15, 0.2) is 48.5 Å². The maximum Gasteiger partial charge on any atom is 0.161 e. The van der Waals surface area contributed by atoms with Gasteiger partial charge in [0.05, 0.1) is 20.3 Å². The van der Waals surface area contributed by atoms with Gasteiger partial charge in [0.2, 0.25) is 0 Å². The number of ether oxygens (including phenoxy) is 2. The van der Waals surface area contributed by atoms with Gasteiger partial charge in [0.15, 0.2) is 11.5 Å². The Kier molecular flexibility index (Phi) is 7.59. The van der Waals surface area contributed by atoms with Gasteiger partial charge in [-0.3, -0.25) is 0 Å². The molecule has 0 saturated heterocycles. The Morgan fingerprint density at radius 1 is 1.04 bits per heavy atom. The van der Waals surface area contributed by atoms with Crippen molar-refractivity contribution in [3.8, 4) is 11.5 Å². The van der Waals surface area contributed by atoms with Crippen molar-refractivity contribution in [2.24, 2.45) is 0 Å². The first-order chi connectivity index (χ1) is 11.8. The molecular weight excluding hydrogens is 302 g/mol. The number of aliphatic hydroxyl groups is 1. The second-order valence-electron chi connectivity index (χ2n) is 5.74. The number of nitrogens with one attached hydrogen (secondary N) is 1. The van der Waals surface area contributed by atoms with Crippen LogP contribution in [0, 0.1) is 0 Å². The predicted octanol–water partition coefficient (Wildman–Crippen LogP) is 3.18. The predicted molar refractivity (Wildman–Crippen MR) is 96.6 cm³/mol. The highest BCUT2D eigenvalue weighted by Gasteiger charge is 2.08. The largest absolute Gasteiger partial charge is 0.493 e. The molecule has 1 atom stereocenters. The number of methoxy groups -OCH3 is 1. The Morgan fingerprint density at radius 3 is 2.50 bits per heavy atom. The van der Waals surface area contributed by atoms with Crippen molar-refractivity contribution in [3.63, 3.8) is 0 Å². The summed E-state index contributed by atoms with van der Waals surface area (Å²) in [5, 5.41) is 12.6. The monoisotopic (exact) mass is 329 g/mol. The molecule has 130 valence electrons. The lowest BCUT2D eigenvalue weighted by molar-refractivity contribution is 0.238. The summed E-state index contributed by atoms with van der Waals surface area (Å²) in [5.41, 5.74) is 2.36. The van der Waals surface area contributed by atoms with Crippen LogP contribution in [0.4, 0.5) is 0 Å². The van der Waals surface area contributed by atoms with E-state index in [0.29, 0.717) is 13.2 Å². The molecule has 0 aliphatic carbocycles. The van der Waals surface area contributed by atoms with Gasteiger partial charge in [-0.15, -0.1) is 0 Å². The standard InChI is InChI=1S/C20H27NO3/c1-3-18(15-22)21-14-17-9-10-19(20(13-17)23-2)24-12-11-16-7-5-4-6-8-16/h4-10,13,18,21-22H,3,11-12,14-15H2,1-2H3/t18-/m0/s1. The van der Waals surface area contributed by atoms with Crippen molar-refractivity contribution < 1.29 is 14.6 Å². The lowest BCUT2D eigenvalue weighted by atomic mass is 10.1. The van der Waals surface area contributed by atoms with E-state index in [9.17, 15) is 5.11 Å². The number of rotatable bonds is 10. The van der Waals surface area contributed by atoms with Crippen LogP contribution in [0.1, 0.15) is 24.5 Å². The highest BCUT2D eigenvalue weighted by atomic mass is 16.5. The maximum atomic E-state index is 9.23. The van der Waals surface area contributed by atoms with Gasteiger partial charge in [0.25, 0.3) is 0 Å². The van der Waals surface area contributed by atoms with Gasteiger partial charge in [-0.05, 0) is 29.7 Å². The third-order valence-electron chi connectivity index (χ3n) is 4.03. The third kappa shape index (κ3) is 5.55. The second kappa shape index (κ2) is 9.96. The van der Waals surface area contributed by atoms with E-state index >= 15 is 0 Å². The van der Waals surface area contributed by atoms with Crippen molar-refractivity contribution in [1.29, 1.82) is 0 Å². The molecule has 0 amide bonds. The van der Waals surface area contributed by atoms with Crippen LogP contribution in [0.3, 0.4) is 0 Å². The van der Waals surface area contributed by atoms with E-state index in [2.05, 4.69) is 24.4 Å². The summed E-state index contributed by atoms with van der Waals surface area (Å²) < 4.78 is 11.3. The molecule has 0 aromatic heterocycles. The van der Waals surface area contributed by atoms with Crippen LogP contribution in [0.25, 0.3) is 0 Å². The molecule has 2 aromatic rings. The van der Waals surface area contributed by atoms with Crippen molar-refractivity contribution >= 4 is 0 Å². The fraction of sp³-hybridized carbons (Fsp3) is 0.400. The fourth-order valence-corrected chi connectivity index (χ4v) is 2.46. The Hall–Kier alpha value is -2.04. The first-order valence-corrected chi connectivity index (χ1v) is 8.44. The minimum atomic E-state index is 0.123. The zero-order valence-electron chi connectivity index (χ0n) is 14.5. The first-order valence-electron chi connectivity index (χ1n) is 8.44. The molecule has 0 saturated carbocycles. The lowest BCUT2D eigenvalue weighted by Gasteiger charge is -2.16. The van der Waals surface area contributed by atoms with Crippen LogP contribution < -0.4 is 14.8 Å². The topological polar surface area (TPSA) is 50.7 Å². The Labute approximate surface area is 144 Å². The maximum absolute atomic E-state index is 9.23. The molecule has 0 spiro atoms. The molecule has 24 heavy (non-hydrogen) atoms. The smallest absolute Gasteiger partial charge is 0.161 e. The Balaban J connectivity index is 1.91. The van der Waals surface area contributed by atoms with Gasteiger partial charge in [0.1, 0.15) is 0 Å². The summed E-state index contributed by atoms with van der Waals surface area (Å²) in [6.45, 7) is 3.51. The normalized spacial score (nSPS) is 12.0. The summed E-state index contributed by atoms with van der Waals surface area (Å²) in [5.74, 6) is 1.49. The number of aliphatic hydroxyl groups excluding tert-OH is 1. The molecule has 2 aromatic carbocycles. The SMILES string of the molecule is CC[C@@H](CO)NCc1ccc(OCCc2ccccc2)c(OC)c1. The average molecular weight is 329 g/mol. The number of benzene rings is 2. The average Bonchev–Trinajstić information content (AvgIpc) is 2.64. The van der Waals surface area contributed by atoms with E-state index in [1.165, 1.54) is 5.56 Å². The van der Waals surface area contributed by atoms with E-state index in [0.717, 1.165) is 29.9 Å². The molecule has 2 N–H and O–H groups in total. The highest BCUT2D eigenvalue weighted by molar-refractivity contribution is 5.43. The lowest BCUT2D eigenvalue weighted by Crippen LogP contribution is -2.31. The van der Waals surface area contributed by atoms with Gasteiger partial charge in [-0.25, -0.2) is 0 Å². The molecular formula is C20H27NO3. The Morgan fingerprint density at radius 2 is 1.83 bits per heavy atom. The summed E-state index contributed by atoms with van der Waals surface area (Å²) >= 11 is 0. The molecule has 4 heteroatoms. The van der Waals surface area contributed by atoms with Crippen molar-refractivity contribution in [2.75, 3.05) is 20.3 Å². The van der Waals surface area contributed by atoms with E-state index in [1.54, 1.807) is 7.11 Å². The number of hydrogen-bond acceptors (Lipinski definition) is 4. The molecule has 0 radical (unpaired) electrons. The van der Waals surface area contributed by atoms with Crippen molar-refractivity contribution in [2.45, 2.75) is 32.4 Å². The third-order valence-corrected chi connectivity index (χ3v) is 4.03. The van der Waals surface area contributed by atoms with Crippen LogP contribution in [0.5, 0.6) is 11.5 Å².